The zero-order valence-electron chi connectivity index (χ0n) is 27.0. The zero-order chi connectivity index (χ0) is 30.6. The Balaban J connectivity index is 2.75. The maximum absolute atomic E-state index is 13.2. The Morgan fingerprint density at radius 1 is 0.725 bits per heavy atom. The fraction of sp³-hybridized carbons (Fsp3) is 0.735. The van der Waals surface area contributed by atoms with Crippen LogP contribution in [0.1, 0.15) is 120 Å². The van der Waals surface area contributed by atoms with Crippen molar-refractivity contribution in [3.63, 3.8) is 0 Å². The van der Waals surface area contributed by atoms with E-state index < -0.39 is 22.3 Å². The SMILES string of the molecule is CC(C)(C)OCCCCCC(=O)C(C)(C)C(C)(C)OCC(CCCC(=O)C(C)(C)C)C(=O)OCc1ccccc1. The van der Waals surface area contributed by atoms with Crippen LogP contribution in [-0.2, 0) is 35.2 Å². The highest BCUT2D eigenvalue weighted by Crippen LogP contribution is 2.37. The van der Waals surface area contributed by atoms with Gasteiger partial charge in [0.2, 0.25) is 0 Å². The topological polar surface area (TPSA) is 78.9 Å². The summed E-state index contributed by atoms with van der Waals surface area (Å²) in [6, 6.07) is 9.55. The quantitative estimate of drug-likeness (QED) is 0.134. The molecule has 0 aliphatic rings. The molecule has 0 bridgehead atoms. The molecule has 0 fully saturated rings. The van der Waals surface area contributed by atoms with Crippen LogP contribution in [-0.4, -0.2) is 42.0 Å². The first-order chi connectivity index (χ1) is 18.4. The molecule has 1 aromatic carbocycles. The molecule has 0 saturated carbocycles. The third kappa shape index (κ3) is 13.1. The number of rotatable bonds is 18. The van der Waals surface area contributed by atoms with E-state index in [9.17, 15) is 14.4 Å². The van der Waals surface area contributed by atoms with Crippen LogP contribution in [0.15, 0.2) is 30.3 Å². The molecule has 1 atom stereocenters. The number of esters is 1. The number of unbranched alkanes of at least 4 members (excludes halogenated alkanes) is 2. The van der Waals surface area contributed by atoms with Gasteiger partial charge in [-0.05, 0) is 65.9 Å². The molecule has 0 aromatic heterocycles. The summed E-state index contributed by atoms with van der Waals surface area (Å²) in [4.78, 5) is 38.8. The minimum Gasteiger partial charge on any atom is -0.461 e. The molecular formula is C34H56O6. The average molecular weight is 561 g/mol. The average Bonchev–Trinajstić information content (AvgIpc) is 2.85. The minimum absolute atomic E-state index is 0.130. The van der Waals surface area contributed by atoms with Crippen molar-refractivity contribution in [1.82, 2.24) is 0 Å². The predicted octanol–water partition coefficient (Wildman–Crippen LogP) is 7.90. The maximum Gasteiger partial charge on any atom is 0.311 e. The van der Waals surface area contributed by atoms with Gasteiger partial charge in [0.05, 0.1) is 29.1 Å². The standard InChI is InChI=1S/C34H56O6/c1-31(2,3)28(35)22-17-20-27(30(37)38-24-26-18-13-11-14-19-26)25-40-34(9,10)33(7,8)29(36)21-15-12-16-23-39-32(4,5)6/h11,13-14,18-19,27H,12,15-17,20-25H2,1-10H3. The summed E-state index contributed by atoms with van der Waals surface area (Å²) in [5, 5.41) is 0. The molecule has 228 valence electrons. The fourth-order valence-electron chi connectivity index (χ4n) is 4.08. The van der Waals surface area contributed by atoms with Crippen molar-refractivity contribution in [1.29, 1.82) is 0 Å². The minimum atomic E-state index is -0.793. The molecule has 0 saturated heterocycles. The van der Waals surface area contributed by atoms with Crippen LogP contribution < -0.4 is 0 Å². The van der Waals surface area contributed by atoms with E-state index in [1.54, 1.807) is 0 Å². The lowest BCUT2D eigenvalue weighted by Crippen LogP contribution is -2.48. The third-order valence-electron chi connectivity index (χ3n) is 7.78. The number of carbonyl (C=O) groups excluding carboxylic acids is 3. The molecule has 0 heterocycles. The monoisotopic (exact) mass is 560 g/mol. The van der Waals surface area contributed by atoms with Gasteiger partial charge < -0.3 is 14.2 Å². The second kappa shape index (κ2) is 15.8. The molecule has 0 aliphatic carbocycles. The molecule has 1 rings (SSSR count). The molecule has 6 heteroatoms. The van der Waals surface area contributed by atoms with Gasteiger partial charge in [0.25, 0.3) is 0 Å². The first-order valence-corrected chi connectivity index (χ1v) is 14.9. The molecule has 6 nitrogen and oxygen atoms in total. The van der Waals surface area contributed by atoms with Crippen molar-refractivity contribution in [2.75, 3.05) is 13.2 Å². The van der Waals surface area contributed by atoms with Crippen molar-refractivity contribution < 1.29 is 28.6 Å². The first kappa shape index (κ1) is 36.0. The highest BCUT2D eigenvalue weighted by Gasteiger charge is 2.44. The van der Waals surface area contributed by atoms with Gasteiger partial charge in [0.1, 0.15) is 18.2 Å². The smallest absolute Gasteiger partial charge is 0.311 e. The summed E-state index contributed by atoms with van der Waals surface area (Å²) in [5.41, 5.74) is -1.18. The Morgan fingerprint density at radius 2 is 1.32 bits per heavy atom. The van der Waals surface area contributed by atoms with Gasteiger partial charge in [-0.3, -0.25) is 14.4 Å². The van der Waals surface area contributed by atoms with Crippen molar-refractivity contribution >= 4 is 17.5 Å². The van der Waals surface area contributed by atoms with E-state index in [2.05, 4.69) is 0 Å². The molecule has 0 radical (unpaired) electrons. The summed E-state index contributed by atoms with van der Waals surface area (Å²) in [6.07, 6.45) is 4.61. The van der Waals surface area contributed by atoms with Gasteiger partial charge in [-0.1, -0.05) is 71.4 Å². The Labute approximate surface area is 243 Å². The van der Waals surface area contributed by atoms with Crippen LogP contribution in [0.25, 0.3) is 0 Å². The van der Waals surface area contributed by atoms with E-state index in [-0.39, 0.29) is 36.4 Å². The summed E-state index contributed by atoms with van der Waals surface area (Å²) in [5.74, 6) is -0.552. The Morgan fingerprint density at radius 3 is 1.90 bits per heavy atom. The van der Waals surface area contributed by atoms with Gasteiger partial charge >= 0.3 is 5.97 Å². The van der Waals surface area contributed by atoms with Crippen LogP contribution in [0.4, 0.5) is 0 Å². The van der Waals surface area contributed by atoms with E-state index in [1.807, 2.05) is 99.6 Å². The van der Waals surface area contributed by atoms with Crippen LogP contribution in [0.3, 0.4) is 0 Å². The van der Waals surface area contributed by atoms with Gasteiger partial charge in [-0.25, -0.2) is 0 Å². The van der Waals surface area contributed by atoms with Crippen molar-refractivity contribution in [3.8, 4) is 0 Å². The molecule has 1 aromatic rings. The summed E-state index contributed by atoms with van der Waals surface area (Å²) in [6.45, 7) is 20.5. The van der Waals surface area contributed by atoms with Crippen molar-refractivity contribution in [2.24, 2.45) is 16.7 Å². The van der Waals surface area contributed by atoms with Crippen molar-refractivity contribution in [3.05, 3.63) is 35.9 Å². The molecule has 40 heavy (non-hydrogen) atoms. The number of carbonyl (C=O) groups is 3. The Hall–Kier alpha value is -2.05. The number of ether oxygens (including phenoxy) is 3. The zero-order valence-corrected chi connectivity index (χ0v) is 27.0. The molecule has 0 spiro atoms. The van der Waals surface area contributed by atoms with E-state index in [0.29, 0.717) is 32.3 Å². The van der Waals surface area contributed by atoms with E-state index in [0.717, 1.165) is 24.8 Å². The number of benzene rings is 1. The van der Waals surface area contributed by atoms with E-state index in [4.69, 9.17) is 14.2 Å². The van der Waals surface area contributed by atoms with Gasteiger partial charge in [0, 0.05) is 24.9 Å². The number of hydrogen-bond acceptors (Lipinski definition) is 6. The summed E-state index contributed by atoms with van der Waals surface area (Å²) >= 11 is 0. The largest absolute Gasteiger partial charge is 0.461 e. The molecule has 0 N–H and O–H groups in total. The van der Waals surface area contributed by atoms with Crippen molar-refractivity contribution in [2.45, 2.75) is 132 Å². The highest BCUT2D eigenvalue weighted by atomic mass is 16.5. The molecule has 1 unspecified atom stereocenters. The van der Waals surface area contributed by atoms with Crippen LogP contribution >= 0.6 is 0 Å². The molecule has 0 amide bonds. The maximum atomic E-state index is 13.2. The summed E-state index contributed by atoms with van der Waals surface area (Å²) in [7, 11) is 0. The Bertz CT molecular complexity index is 918. The van der Waals surface area contributed by atoms with Crippen LogP contribution in [0.2, 0.25) is 0 Å². The van der Waals surface area contributed by atoms with Crippen LogP contribution in [0, 0.1) is 16.7 Å². The van der Waals surface area contributed by atoms with Gasteiger partial charge in [-0.15, -0.1) is 0 Å². The van der Waals surface area contributed by atoms with E-state index in [1.165, 1.54) is 0 Å². The summed E-state index contributed by atoms with van der Waals surface area (Å²) < 4.78 is 17.7. The van der Waals surface area contributed by atoms with Gasteiger partial charge in [0.15, 0.2) is 0 Å². The number of ketones is 2. The first-order valence-electron chi connectivity index (χ1n) is 14.9. The lowest BCUT2D eigenvalue weighted by Gasteiger charge is -2.41. The normalized spacial score (nSPS) is 13.7. The van der Waals surface area contributed by atoms with E-state index >= 15 is 0 Å². The fourth-order valence-corrected chi connectivity index (χ4v) is 4.08. The predicted molar refractivity (Wildman–Crippen MR) is 161 cm³/mol. The second-order valence-corrected chi connectivity index (χ2v) is 14.0. The van der Waals surface area contributed by atoms with Gasteiger partial charge in [-0.2, -0.15) is 0 Å². The Kier molecular flexibility index (Phi) is 14.2. The lowest BCUT2D eigenvalue weighted by molar-refractivity contribution is -0.163. The van der Waals surface area contributed by atoms with Crippen LogP contribution in [0.5, 0.6) is 0 Å². The lowest BCUT2D eigenvalue weighted by atomic mass is 9.72. The second-order valence-electron chi connectivity index (χ2n) is 14.0. The number of Topliss-reactive ketones (excluding diaryl/α,β-unsaturated/α-hetero) is 2. The molecular weight excluding hydrogens is 504 g/mol. The highest BCUT2D eigenvalue weighted by molar-refractivity contribution is 5.85. The number of hydrogen-bond donors (Lipinski definition) is 0. The third-order valence-corrected chi connectivity index (χ3v) is 7.78. The molecule has 0 aliphatic heterocycles.